The highest BCUT2D eigenvalue weighted by molar-refractivity contribution is 5.86. The average Bonchev–Trinajstić information content (AvgIpc) is 2.35. The fraction of sp³-hybridized carbons (Fsp3) is 0.438. The van der Waals surface area contributed by atoms with Crippen molar-refractivity contribution in [1.29, 1.82) is 0 Å². The lowest BCUT2D eigenvalue weighted by atomic mass is 10.2. The smallest absolute Gasteiger partial charge is 0.337 e. The van der Waals surface area contributed by atoms with Gasteiger partial charge in [-0.1, -0.05) is 43.8 Å². The van der Waals surface area contributed by atoms with Crippen LogP contribution in [0.5, 0.6) is 0 Å². The first-order valence-electron chi connectivity index (χ1n) is 6.60. The SMILES string of the molecule is C=C(C)C(=O)OC(CC)[N+](C)(C)Cc1ccccc1.[F-]. The van der Waals surface area contributed by atoms with Gasteiger partial charge in [-0.15, -0.1) is 0 Å². The first-order chi connectivity index (χ1) is 8.86. The molecule has 1 rings (SSSR count). The van der Waals surface area contributed by atoms with Crippen LogP contribution in [0, 0.1) is 0 Å². The molecule has 20 heavy (non-hydrogen) atoms. The van der Waals surface area contributed by atoms with E-state index in [1.165, 1.54) is 5.56 Å². The molecule has 0 saturated heterocycles. The zero-order chi connectivity index (χ0) is 14.5. The molecule has 0 N–H and O–H groups in total. The maximum atomic E-state index is 11.7. The van der Waals surface area contributed by atoms with Crippen LogP contribution in [0.2, 0.25) is 0 Å². The van der Waals surface area contributed by atoms with Gasteiger partial charge >= 0.3 is 5.97 Å². The Morgan fingerprint density at radius 3 is 2.30 bits per heavy atom. The molecule has 112 valence electrons. The number of benzene rings is 1. The Bertz CT molecular complexity index is 443. The van der Waals surface area contributed by atoms with Crippen LogP contribution < -0.4 is 4.70 Å². The lowest BCUT2D eigenvalue weighted by Crippen LogP contribution is -3.00. The normalized spacial score (nSPS) is 12.2. The van der Waals surface area contributed by atoms with Crippen LogP contribution in [0.15, 0.2) is 42.5 Å². The second-order valence-electron chi connectivity index (χ2n) is 5.47. The van der Waals surface area contributed by atoms with E-state index in [1.807, 2.05) is 25.1 Å². The van der Waals surface area contributed by atoms with Gasteiger partial charge in [0.2, 0.25) is 6.23 Å². The fourth-order valence-corrected chi connectivity index (χ4v) is 2.10. The molecule has 0 bridgehead atoms. The summed E-state index contributed by atoms with van der Waals surface area (Å²) in [5, 5.41) is 0. The summed E-state index contributed by atoms with van der Waals surface area (Å²) in [6, 6.07) is 10.2. The first kappa shape index (κ1) is 18.3. The molecule has 0 aliphatic heterocycles. The van der Waals surface area contributed by atoms with Crippen LogP contribution in [-0.4, -0.2) is 30.8 Å². The standard InChI is InChI=1S/C16H24NO2.FH/c1-6-15(19-16(18)13(2)3)17(4,5)12-14-10-8-7-9-11-14;/h7-11,15H,2,6,12H2,1,3-5H3;1H/q+1;/p-1. The van der Waals surface area contributed by atoms with Crippen molar-refractivity contribution in [3.63, 3.8) is 0 Å². The summed E-state index contributed by atoms with van der Waals surface area (Å²) in [6.07, 6.45) is 0.614. The van der Waals surface area contributed by atoms with Crippen molar-refractivity contribution in [3.05, 3.63) is 48.0 Å². The minimum Gasteiger partial charge on any atom is -1.00 e. The maximum absolute atomic E-state index is 11.7. The van der Waals surface area contributed by atoms with Crippen LogP contribution >= 0.6 is 0 Å². The zero-order valence-corrected chi connectivity index (χ0v) is 12.7. The number of nitrogens with zero attached hydrogens (tertiary/aromatic N) is 1. The van der Waals surface area contributed by atoms with E-state index in [9.17, 15) is 4.79 Å². The highest BCUT2D eigenvalue weighted by Gasteiger charge is 2.30. The van der Waals surface area contributed by atoms with E-state index in [0.717, 1.165) is 13.0 Å². The summed E-state index contributed by atoms with van der Waals surface area (Å²) < 4.78 is 6.14. The highest BCUT2D eigenvalue weighted by atomic mass is 19.0. The first-order valence-corrected chi connectivity index (χ1v) is 6.60. The van der Waals surface area contributed by atoms with Crippen LogP contribution in [0.4, 0.5) is 0 Å². The number of hydrogen-bond donors (Lipinski definition) is 0. The second-order valence-corrected chi connectivity index (χ2v) is 5.47. The Hall–Kier alpha value is -1.68. The predicted molar refractivity (Wildman–Crippen MR) is 77.2 cm³/mol. The molecular weight excluding hydrogens is 257 g/mol. The maximum Gasteiger partial charge on any atom is 0.337 e. The van der Waals surface area contributed by atoms with Crippen molar-refractivity contribution < 1.29 is 18.7 Å². The Morgan fingerprint density at radius 2 is 1.85 bits per heavy atom. The number of carbonyl (C=O) groups is 1. The fourth-order valence-electron chi connectivity index (χ4n) is 2.10. The van der Waals surface area contributed by atoms with Crippen LogP contribution in [-0.2, 0) is 16.1 Å². The highest BCUT2D eigenvalue weighted by Crippen LogP contribution is 2.18. The average molecular weight is 281 g/mol. The van der Waals surface area contributed by atoms with Crippen LogP contribution in [0.3, 0.4) is 0 Å². The summed E-state index contributed by atoms with van der Waals surface area (Å²) in [7, 11) is 4.15. The molecule has 0 aliphatic rings. The van der Waals surface area contributed by atoms with Crippen molar-refractivity contribution >= 4 is 5.97 Å². The van der Waals surface area contributed by atoms with E-state index in [0.29, 0.717) is 10.1 Å². The molecule has 0 spiro atoms. The van der Waals surface area contributed by atoms with Gasteiger partial charge in [-0.25, -0.2) is 4.79 Å². The second kappa shape index (κ2) is 7.80. The molecule has 0 aliphatic carbocycles. The lowest BCUT2D eigenvalue weighted by Gasteiger charge is -2.36. The molecule has 4 heteroatoms. The number of carbonyl (C=O) groups excluding carboxylic acids is 1. The monoisotopic (exact) mass is 281 g/mol. The van der Waals surface area contributed by atoms with Gasteiger partial charge in [-0.05, 0) is 6.92 Å². The van der Waals surface area contributed by atoms with E-state index in [-0.39, 0.29) is 16.9 Å². The Kier molecular flexibility index (Phi) is 7.14. The lowest BCUT2D eigenvalue weighted by molar-refractivity contribution is -0.947. The van der Waals surface area contributed by atoms with E-state index in [2.05, 4.69) is 32.8 Å². The van der Waals surface area contributed by atoms with Gasteiger partial charge in [0, 0.05) is 17.6 Å². The third-order valence-corrected chi connectivity index (χ3v) is 3.15. The minimum atomic E-state index is -0.314. The van der Waals surface area contributed by atoms with Gasteiger partial charge in [0.1, 0.15) is 6.54 Å². The number of ether oxygens (including phenoxy) is 1. The van der Waals surface area contributed by atoms with Crippen LogP contribution in [0.1, 0.15) is 25.8 Å². The van der Waals surface area contributed by atoms with E-state index in [1.54, 1.807) is 6.92 Å². The van der Waals surface area contributed by atoms with Crippen molar-refractivity contribution in [2.45, 2.75) is 33.0 Å². The molecule has 1 aromatic carbocycles. The molecule has 0 amide bonds. The zero-order valence-electron chi connectivity index (χ0n) is 12.7. The number of hydrogen-bond acceptors (Lipinski definition) is 2. The quantitative estimate of drug-likeness (QED) is 0.320. The topological polar surface area (TPSA) is 26.3 Å². The number of halogens is 1. The number of esters is 1. The Balaban J connectivity index is 0.00000361. The van der Waals surface area contributed by atoms with Crippen LogP contribution in [0.25, 0.3) is 0 Å². The summed E-state index contributed by atoms with van der Waals surface area (Å²) in [4.78, 5) is 11.7. The van der Waals surface area contributed by atoms with Gasteiger partial charge in [-0.2, -0.15) is 0 Å². The molecule has 0 radical (unpaired) electrons. The largest absolute Gasteiger partial charge is 1.00 e. The Labute approximate surface area is 120 Å². The number of quaternary nitrogens is 1. The molecule has 3 nitrogen and oxygen atoms in total. The van der Waals surface area contributed by atoms with E-state index in [4.69, 9.17) is 4.74 Å². The summed E-state index contributed by atoms with van der Waals surface area (Å²) >= 11 is 0. The molecule has 0 heterocycles. The van der Waals surface area contributed by atoms with Crippen molar-refractivity contribution in [1.82, 2.24) is 0 Å². The predicted octanol–water partition coefficient (Wildman–Crippen LogP) is 0.122. The van der Waals surface area contributed by atoms with Gasteiger partial charge in [0.15, 0.2) is 0 Å². The van der Waals surface area contributed by atoms with Gasteiger partial charge in [-0.3, -0.25) is 4.48 Å². The molecule has 0 saturated carbocycles. The molecule has 1 unspecified atom stereocenters. The Morgan fingerprint density at radius 1 is 1.30 bits per heavy atom. The summed E-state index contributed by atoms with van der Waals surface area (Å²) in [5.41, 5.74) is 1.68. The van der Waals surface area contributed by atoms with Gasteiger partial charge in [0.25, 0.3) is 0 Å². The molecule has 1 atom stereocenters. The number of rotatable bonds is 6. The van der Waals surface area contributed by atoms with E-state index < -0.39 is 0 Å². The minimum absolute atomic E-state index is 0. The van der Waals surface area contributed by atoms with Crippen molar-refractivity contribution in [3.8, 4) is 0 Å². The van der Waals surface area contributed by atoms with Crippen molar-refractivity contribution in [2.75, 3.05) is 14.1 Å². The molecule has 0 aromatic heterocycles. The molecule has 1 aromatic rings. The van der Waals surface area contributed by atoms with E-state index >= 15 is 0 Å². The van der Waals surface area contributed by atoms with Gasteiger partial charge < -0.3 is 9.44 Å². The summed E-state index contributed by atoms with van der Waals surface area (Å²) in [6.45, 7) is 8.15. The summed E-state index contributed by atoms with van der Waals surface area (Å²) in [5.74, 6) is -0.314. The van der Waals surface area contributed by atoms with Crippen molar-refractivity contribution in [2.24, 2.45) is 0 Å². The third kappa shape index (κ3) is 5.13. The molecular formula is C16H24FNO2. The van der Waals surface area contributed by atoms with Gasteiger partial charge in [0.05, 0.1) is 14.1 Å². The third-order valence-electron chi connectivity index (χ3n) is 3.15. The molecule has 0 fully saturated rings.